The molecule has 0 N–H and O–H groups in total. The summed E-state index contributed by atoms with van der Waals surface area (Å²) in [5.74, 6) is -0.523. The number of carbonyl (C=O) groups excluding carboxylic acids is 1. The Kier molecular flexibility index (Phi) is 3.74. The van der Waals surface area contributed by atoms with Gasteiger partial charge < -0.3 is 4.74 Å². The van der Waals surface area contributed by atoms with Gasteiger partial charge in [-0.05, 0) is 19.1 Å². The highest BCUT2D eigenvalue weighted by molar-refractivity contribution is 7.09. The Morgan fingerprint density at radius 1 is 1.33 bits per heavy atom. The monoisotopic (exact) mass is 300 g/mol. The molecule has 7 heteroatoms. The lowest BCUT2D eigenvalue weighted by molar-refractivity contribution is 0.0458. The highest BCUT2D eigenvalue weighted by Crippen LogP contribution is 2.11. The molecule has 6 nitrogen and oxygen atoms in total. The second-order valence-corrected chi connectivity index (χ2v) is 5.25. The van der Waals surface area contributed by atoms with Crippen LogP contribution in [-0.4, -0.2) is 25.7 Å². The average Bonchev–Trinajstić information content (AvgIpc) is 3.15. The first-order valence-corrected chi connectivity index (χ1v) is 7.15. The van der Waals surface area contributed by atoms with Gasteiger partial charge in [-0.15, -0.1) is 16.4 Å². The summed E-state index contributed by atoms with van der Waals surface area (Å²) in [6, 6.07) is 9.44. The van der Waals surface area contributed by atoms with Crippen molar-refractivity contribution in [2.75, 3.05) is 0 Å². The van der Waals surface area contributed by atoms with Gasteiger partial charge in [0.2, 0.25) is 0 Å². The van der Waals surface area contributed by atoms with Crippen molar-refractivity contribution in [3.05, 3.63) is 58.6 Å². The summed E-state index contributed by atoms with van der Waals surface area (Å²) in [4.78, 5) is 20.1. The molecule has 3 rings (SSSR count). The van der Waals surface area contributed by atoms with Crippen LogP contribution in [0.4, 0.5) is 0 Å². The molecule has 0 amide bonds. The van der Waals surface area contributed by atoms with E-state index in [-0.39, 0.29) is 12.4 Å². The molecule has 0 radical (unpaired) electrons. The fourth-order valence-corrected chi connectivity index (χ4v) is 2.41. The molecule has 21 heavy (non-hydrogen) atoms. The highest BCUT2D eigenvalue weighted by Gasteiger charge is 2.14. The maximum atomic E-state index is 11.9. The molecule has 0 atom stereocenters. The molecule has 2 heterocycles. The van der Waals surface area contributed by atoms with Crippen molar-refractivity contribution in [3.8, 4) is 5.69 Å². The van der Waals surface area contributed by atoms with E-state index in [1.165, 1.54) is 22.3 Å². The Hall–Kier alpha value is -2.54. The summed E-state index contributed by atoms with van der Waals surface area (Å²) in [7, 11) is 0. The smallest absolute Gasteiger partial charge is 0.378 e. The zero-order valence-electron chi connectivity index (χ0n) is 11.3. The van der Waals surface area contributed by atoms with Crippen LogP contribution in [0.25, 0.3) is 5.69 Å². The lowest BCUT2D eigenvalue weighted by Gasteiger charge is -1.99. The van der Waals surface area contributed by atoms with Crippen LogP contribution in [0.1, 0.15) is 21.3 Å². The van der Waals surface area contributed by atoms with Gasteiger partial charge in [0.15, 0.2) is 0 Å². The lowest BCUT2D eigenvalue weighted by atomic mass is 10.3. The summed E-state index contributed by atoms with van der Waals surface area (Å²) in [6.07, 6.45) is 1.49. The topological polar surface area (TPSA) is 69.9 Å². The van der Waals surface area contributed by atoms with Crippen molar-refractivity contribution in [2.45, 2.75) is 13.5 Å². The predicted molar refractivity (Wildman–Crippen MR) is 77.3 cm³/mol. The minimum atomic E-state index is -0.558. The van der Waals surface area contributed by atoms with Gasteiger partial charge in [-0.25, -0.2) is 19.4 Å². The first-order valence-electron chi connectivity index (χ1n) is 6.27. The predicted octanol–water partition coefficient (Wildman–Crippen LogP) is 2.39. The van der Waals surface area contributed by atoms with Crippen LogP contribution in [0, 0.1) is 6.92 Å². The van der Waals surface area contributed by atoms with E-state index in [4.69, 9.17) is 4.74 Å². The summed E-state index contributed by atoms with van der Waals surface area (Å²) >= 11 is 1.45. The Bertz CT molecular complexity index is 751. The molecule has 0 spiro atoms. The van der Waals surface area contributed by atoms with Crippen molar-refractivity contribution in [1.82, 2.24) is 19.7 Å². The number of rotatable bonds is 4. The summed E-state index contributed by atoms with van der Waals surface area (Å²) in [5, 5.41) is 6.77. The molecule has 0 aliphatic rings. The summed E-state index contributed by atoms with van der Waals surface area (Å²) < 4.78 is 6.68. The molecule has 0 aliphatic heterocycles. The van der Waals surface area contributed by atoms with E-state index in [2.05, 4.69) is 15.1 Å². The fraction of sp³-hybridized carbons (Fsp3) is 0.143. The normalized spacial score (nSPS) is 10.5. The average molecular weight is 300 g/mol. The molecule has 0 unspecified atom stereocenters. The van der Waals surface area contributed by atoms with E-state index in [1.807, 2.05) is 42.6 Å². The largest absolute Gasteiger partial charge is 0.452 e. The van der Waals surface area contributed by atoms with Gasteiger partial charge >= 0.3 is 5.97 Å². The van der Waals surface area contributed by atoms with Gasteiger partial charge in [0.25, 0.3) is 5.82 Å². The first kappa shape index (κ1) is 13.4. The molecule has 0 fully saturated rings. The van der Waals surface area contributed by atoms with Gasteiger partial charge in [-0.1, -0.05) is 18.2 Å². The molecular formula is C14H12N4O2S. The number of nitrogens with zero attached hydrogens (tertiary/aromatic N) is 4. The van der Waals surface area contributed by atoms with Gasteiger partial charge in [0.1, 0.15) is 17.9 Å². The number of para-hydroxylation sites is 1. The molecule has 2 aromatic heterocycles. The van der Waals surface area contributed by atoms with Crippen LogP contribution in [0.3, 0.4) is 0 Å². The van der Waals surface area contributed by atoms with Gasteiger partial charge in [-0.3, -0.25) is 0 Å². The SMILES string of the molecule is Cc1csc(COC(=O)c2ncn(-c3ccccc3)n2)n1. The number of thiazole rings is 1. The molecule has 0 saturated heterocycles. The third-order valence-corrected chi connectivity index (χ3v) is 3.63. The van der Waals surface area contributed by atoms with Gasteiger partial charge in [0.05, 0.1) is 5.69 Å². The van der Waals surface area contributed by atoms with Crippen LogP contribution in [-0.2, 0) is 11.3 Å². The van der Waals surface area contributed by atoms with Crippen molar-refractivity contribution in [2.24, 2.45) is 0 Å². The van der Waals surface area contributed by atoms with Crippen molar-refractivity contribution in [3.63, 3.8) is 0 Å². The van der Waals surface area contributed by atoms with E-state index in [1.54, 1.807) is 0 Å². The molecule has 1 aromatic carbocycles. The quantitative estimate of drug-likeness (QED) is 0.692. The molecule has 0 bridgehead atoms. The molecule has 0 saturated carbocycles. The Labute approximate surface area is 125 Å². The van der Waals surface area contributed by atoms with E-state index in [0.717, 1.165) is 16.4 Å². The number of esters is 1. The number of aryl methyl sites for hydroxylation is 1. The highest BCUT2D eigenvalue weighted by atomic mass is 32.1. The maximum Gasteiger partial charge on any atom is 0.378 e. The third-order valence-electron chi connectivity index (χ3n) is 2.69. The standard InChI is InChI=1S/C14H12N4O2S/c1-10-8-21-12(16-10)7-20-14(19)13-15-9-18(17-13)11-5-3-2-4-6-11/h2-6,8-9H,7H2,1H3. The van der Waals surface area contributed by atoms with Crippen LogP contribution >= 0.6 is 11.3 Å². The number of carbonyl (C=O) groups is 1. The number of ether oxygens (including phenoxy) is 1. The number of hydrogen-bond donors (Lipinski definition) is 0. The Balaban J connectivity index is 1.67. The van der Waals surface area contributed by atoms with Crippen LogP contribution in [0.2, 0.25) is 0 Å². The van der Waals surface area contributed by atoms with Crippen LogP contribution < -0.4 is 0 Å². The second-order valence-electron chi connectivity index (χ2n) is 4.31. The minimum Gasteiger partial charge on any atom is -0.452 e. The van der Waals surface area contributed by atoms with Crippen molar-refractivity contribution >= 4 is 17.3 Å². The molecule has 0 aliphatic carbocycles. The van der Waals surface area contributed by atoms with Crippen LogP contribution in [0.15, 0.2) is 42.0 Å². The molecular weight excluding hydrogens is 288 g/mol. The van der Waals surface area contributed by atoms with Gasteiger partial charge in [-0.2, -0.15) is 0 Å². The summed E-state index contributed by atoms with van der Waals surface area (Å²) in [5.41, 5.74) is 1.75. The maximum absolute atomic E-state index is 11.9. The summed E-state index contributed by atoms with van der Waals surface area (Å²) in [6.45, 7) is 2.03. The molecule has 3 aromatic rings. The zero-order chi connectivity index (χ0) is 14.7. The molecule has 106 valence electrons. The third kappa shape index (κ3) is 3.14. The van der Waals surface area contributed by atoms with E-state index in [0.29, 0.717) is 0 Å². The van der Waals surface area contributed by atoms with E-state index < -0.39 is 5.97 Å². The van der Waals surface area contributed by atoms with Crippen molar-refractivity contribution in [1.29, 1.82) is 0 Å². The van der Waals surface area contributed by atoms with Crippen molar-refractivity contribution < 1.29 is 9.53 Å². The number of hydrogen-bond acceptors (Lipinski definition) is 6. The lowest BCUT2D eigenvalue weighted by Crippen LogP contribution is -2.08. The minimum absolute atomic E-state index is 0.0344. The fourth-order valence-electron chi connectivity index (χ4n) is 1.72. The van der Waals surface area contributed by atoms with Crippen LogP contribution in [0.5, 0.6) is 0 Å². The number of aromatic nitrogens is 4. The van der Waals surface area contributed by atoms with E-state index >= 15 is 0 Å². The first-order chi connectivity index (χ1) is 10.2. The second kappa shape index (κ2) is 5.84. The zero-order valence-corrected chi connectivity index (χ0v) is 12.1. The van der Waals surface area contributed by atoms with E-state index in [9.17, 15) is 4.79 Å². The van der Waals surface area contributed by atoms with Gasteiger partial charge in [0, 0.05) is 11.1 Å². The number of benzene rings is 1. The Morgan fingerprint density at radius 2 is 2.14 bits per heavy atom. The Morgan fingerprint density at radius 3 is 2.86 bits per heavy atom.